The third-order valence-corrected chi connectivity index (χ3v) is 2.77. The summed E-state index contributed by atoms with van der Waals surface area (Å²) in [6, 6.07) is 4.45. The first-order chi connectivity index (χ1) is 11.5. The van der Waals surface area contributed by atoms with Crippen LogP contribution in [0.5, 0.6) is 17.2 Å². The molecule has 128 valence electrons. The first-order valence-corrected chi connectivity index (χ1v) is 6.68. The number of methoxy groups -OCH3 is 2. The Morgan fingerprint density at radius 1 is 1.38 bits per heavy atom. The Kier molecular flexibility index (Phi) is 7.23. The molecule has 0 heterocycles. The van der Waals surface area contributed by atoms with E-state index in [0.29, 0.717) is 5.56 Å². The Balaban J connectivity index is 3.29. The molecular formula is C16H16F2N2O4. The molecule has 6 nitrogen and oxygen atoms in total. The summed E-state index contributed by atoms with van der Waals surface area (Å²) in [7, 11) is 2.53. The molecule has 0 radical (unpaired) electrons. The third-order valence-electron chi connectivity index (χ3n) is 2.77. The fraction of sp³-hybridized carbons (Fsp3) is 0.250. The standard InChI is InChI=1S/C16H16F2N2O4/c1-4-5-20-15(21)11(9-19)6-10-7-12(22-2)14(24-16(17)18)13(8-10)23-3/h4,6-8,16H,1,5H2,2-3H3,(H,20,21)/b11-6+. The number of amides is 1. The lowest BCUT2D eigenvalue weighted by molar-refractivity contribution is -0.116. The van der Waals surface area contributed by atoms with Gasteiger partial charge in [0.1, 0.15) is 11.6 Å². The van der Waals surface area contributed by atoms with E-state index in [4.69, 9.17) is 14.7 Å². The summed E-state index contributed by atoms with van der Waals surface area (Å²) in [6.07, 6.45) is 2.74. The molecule has 0 saturated heterocycles. The molecule has 8 heteroatoms. The molecule has 0 atom stereocenters. The molecule has 1 amide bonds. The van der Waals surface area contributed by atoms with Gasteiger partial charge in [-0.15, -0.1) is 6.58 Å². The van der Waals surface area contributed by atoms with Crippen molar-refractivity contribution in [3.8, 4) is 23.3 Å². The van der Waals surface area contributed by atoms with Crippen molar-refractivity contribution in [1.29, 1.82) is 5.26 Å². The second-order valence-corrected chi connectivity index (χ2v) is 4.30. The van der Waals surface area contributed by atoms with Crippen molar-refractivity contribution in [3.05, 3.63) is 35.9 Å². The maximum Gasteiger partial charge on any atom is 0.387 e. The molecular weight excluding hydrogens is 322 g/mol. The minimum atomic E-state index is -3.06. The van der Waals surface area contributed by atoms with Crippen molar-refractivity contribution in [2.75, 3.05) is 20.8 Å². The van der Waals surface area contributed by atoms with Gasteiger partial charge in [0.25, 0.3) is 5.91 Å². The third kappa shape index (κ3) is 4.98. The molecule has 0 saturated carbocycles. The van der Waals surface area contributed by atoms with Gasteiger partial charge in [0.15, 0.2) is 11.5 Å². The van der Waals surface area contributed by atoms with Gasteiger partial charge >= 0.3 is 6.61 Å². The number of hydrogen-bond donors (Lipinski definition) is 1. The second-order valence-electron chi connectivity index (χ2n) is 4.30. The Labute approximate surface area is 137 Å². The Morgan fingerprint density at radius 3 is 2.38 bits per heavy atom. The van der Waals surface area contributed by atoms with Crippen molar-refractivity contribution in [2.45, 2.75) is 6.61 Å². The van der Waals surface area contributed by atoms with Gasteiger partial charge in [-0.2, -0.15) is 14.0 Å². The van der Waals surface area contributed by atoms with E-state index in [1.807, 2.05) is 0 Å². The number of benzene rings is 1. The number of alkyl halides is 2. The van der Waals surface area contributed by atoms with Crippen molar-refractivity contribution in [2.24, 2.45) is 0 Å². The fourth-order valence-corrected chi connectivity index (χ4v) is 1.76. The largest absolute Gasteiger partial charge is 0.493 e. The van der Waals surface area contributed by atoms with Crippen LogP contribution >= 0.6 is 0 Å². The molecule has 0 aliphatic heterocycles. The van der Waals surface area contributed by atoms with Gasteiger partial charge in [0.2, 0.25) is 5.75 Å². The van der Waals surface area contributed by atoms with Gasteiger partial charge in [0.05, 0.1) is 14.2 Å². The predicted octanol–water partition coefficient (Wildman–Crippen LogP) is 2.51. The molecule has 1 aromatic carbocycles. The highest BCUT2D eigenvalue weighted by molar-refractivity contribution is 6.01. The zero-order valence-electron chi connectivity index (χ0n) is 13.1. The van der Waals surface area contributed by atoms with E-state index in [-0.39, 0.29) is 29.4 Å². The van der Waals surface area contributed by atoms with Gasteiger partial charge in [-0.25, -0.2) is 0 Å². The van der Waals surface area contributed by atoms with E-state index in [1.54, 1.807) is 6.07 Å². The van der Waals surface area contributed by atoms with E-state index in [0.717, 1.165) is 0 Å². The van der Waals surface area contributed by atoms with Crippen molar-refractivity contribution >= 4 is 12.0 Å². The average Bonchev–Trinajstić information content (AvgIpc) is 2.57. The molecule has 1 rings (SSSR count). The molecule has 0 fully saturated rings. The SMILES string of the molecule is C=CCNC(=O)/C(C#N)=C/c1cc(OC)c(OC(F)F)c(OC)c1. The molecule has 1 N–H and O–H groups in total. The van der Waals surface area contributed by atoms with Crippen LogP contribution in [-0.2, 0) is 4.79 Å². The smallest absolute Gasteiger partial charge is 0.387 e. The van der Waals surface area contributed by atoms with E-state index in [1.165, 1.54) is 38.5 Å². The number of halogens is 2. The van der Waals surface area contributed by atoms with Crippen LogP contribution in [0.15, 0.2) is 30.4 Å². The van der Waals surface area contributed by atoms with Crippen LogP contribution in [-0.4, -0.2) is 33.3 Å². The molecule has 0 unspecified atom stereocenters. The van der Waals surface area contributed by atoms with Crippen LogP contribution in [0.2, 0.25) is 0 Å². The lowest BCUT2D eigenvalue weighted by atomic mass is 10.1. The monoisotopic (exact) mass is 338 g/mol. The van der Waals surface area contributed by atoms with Crippen LogP contribution in [0.3, 0.4) is 0 Å². The number of nitrogens with one attached hydrogen (secondary N) is 1. The van der Waals surface area contributed by atoms with Crippen LogP contribution in [0.25, 0.3) is 6.08 Å². The summed E-state index contributed by atoms with van der Waals surface area (Å²) in [5, 5.41) is 11.6. The van der Waals surface area contributed by atoms with Crippen LogP contribution in [0.4, 0.5) is 8.78 Å². The minimum Gasteiger partial charge on any atom is -0.493 e. The number of nitriles is 1. The number of carbonyl (C=O) groups excluding carboxylic acids is 1. The van der Waals surface area contributed by atoms with E-state index in [2.05, 4.69) is 16.6 Å². The normalized spacial score (nSPS) is 10.8. The quantitative estimate of drug-likeness (QED) is 0.447. The van der Waals surface area contributed by atoms with Gasteiger partial charge in [0, 0.05) is 6.54 Å². The first kappa shape index (κ1) is 19.0. The van der Waals surface area contributed by atoms with Gasteiger partial charge in [-0.1, -0.05) is 6.08 Å². The maximum absolute atomic E-state index is 12.5. The molecule has 0 aromatic heterocycles. The highest BCUT2D eigenvalue weighted by Crippen LogP contribution is 2.40. The molecule has 0 aliphatic carbocycles. The van der Waals surface area contributed by atoms with Crippen LogP contribution in [0, 0.1) is 11.3 Å². The maximum atomic E-state index is 12.5. The number of hydrogen-bond acceptors (Lipinski definition) is 5. The summed E-state index contributed by atoms with van der Waals surface area (Å²) in [5.41, 5.74) is 0.166. The Bertz CT molecular complexity index is 656. The molecule has 0 bridgehead atoms. The van der Waals surface area contributed by atoms with E-state index in [9.17, 15) is 13.6 Å². The number of carbonyl (C=O) groups is 1. The summed E-state index contributed by atoms with van der Waals surface area (Å²) >= 11 is 0. The molecule has 1 aromatic rings. The zero-order valence-corrected chi connectivity index (χ0v) is 13.1. The minimum absolute atomic E-state index is 0.0234. The number of ether oxygens (including phenoxy) is 3. The fourth-order valence-electron chi connectivity index (χ4n) is 1.76. The van der Waals surface area contributed by atoms with E-state index < -0.39 is 12.5 Å². The first-order valence-electron chi connectivity index (χ1n) is 6.68. The molecule has 0 spiro atoms. The Hall–Kier alpha value is -3.08. The van der Waals surface area contributed by atoms with Gasteiger partial charge in [-0.3, -0.25) is 4.79 Å². The summed E-state index contributed by atoms with van der Waals surface area (Å²) < 4.78 is 39.4. The zero-order chi connectivity index (χ0) is 18.1. The predicted molar refractivity (Wildman–Crippen MR) is 83.0 cm³/mol. The van der Waals surface area contributed by atoms with Gasteiger partial charge in [-0.05, 0) is 23.8 Å². The van der Waals surface area contributed by atoms with Gasteiger partial charge < -0.3 is 19.5 Å². The van der Waals surface area contributed by atoms with Crippen LogP contribution in [0.1, 0.15) is 5.56 Å². The average molecular weight is 338 g/mol. The van der Waals surface area contributed by atoms with Crippen molar-refractivity contribution in [1.82, 2.24) is 5.32 Å². The van der Waals surface area contributed by atoms with Crippen molar-refractivity contribution < 1.29 is 27.8 Å². The lowest BCUT2D eigenvalue weighted by Crippen LogP contribution is -2.24. The lowest BCUT2D eigenvalue weighted by Gasteiger charge is -2.14. The summed E-state index contributed by atoms with van der Waals surface area (Å²) in [5.74, 6) is -0.917. The molecule has 0 aliphatic rings. The number of nitrogens with zero attached hydrogens (tertiary/aromatic N) is 1. The topological polar surface area (TPSA) is 80.6 Å². The van der Waals surface area contributed by atoms with E-state index >= 15 is 0 Å². The highest BCUT2D eigenvalue weighted by atomic mass is 19.3. The number of rotatable bonds is 8. The van der Waals surface area contributed by atoms with Crippen LogP contribution < -0.4 is 19.5 Å². The Morgan fingerprint density at radius 2 is 1.96 bits per heavy atom. The summed E-state index contributed by atoms with van der Waals surface area (Å²) in [4.78, 5) is 11.8. The van der Waals surface area contributed by atoms with Crippen molar-refractivity contribution in [3.63, 3.8) is 0 Å². The highest BCUT2D eigenvalue weighted by Gasteiger charge is 2.18. The summed E-state index contributed by atoms with van der Waals surface area (Å²) in [6.45, 7) is 0.594. The molecule has 24 heavy (non-hydrogen) atoms. The second kappa shape index (κ2) is 9.15.